The zero-order chi connectivity index (χ0) is 12.8. The van der Waals surface area contributed by atoms with Gasteiger partial charge in [0.1, 0.15) is 5.75 Å². The van der Waals surface area contributed by atoms with Crippen LogP contribution in [0, 0.1) is 0 Å². The molecule has 1 nitrogen and oxygen atoms in total. The van der Waals surface area contributed by atoms with E-state index in [1.165, 1.54) is 30.4 Å². The molecule has 0 N–H and O–H groups in total. The molecular formula is C16H21ClO. The van der Waals surface area contributed by atoms with Crippen LogP contribution >= 0.6 is 11.6 Å². The number of benzene rings is 1. The first kappa shape index (κ1) is 13.5. The highest BCUT2D eigenvalue weighted by Crippen LogP contribution is 2.24. The van der Waals surface area contributed by atoms with Gasteiger partial charge >= 0.3 is 0 Å². The van der Waals surface area contributed by atoms with Crippen LogP contribution in [0.4, 0.5) is 0 Å². The van der Waals surface area contributed by atoms with Crippen molar-refractivity contribution >= 4 is 11.6 Å². The average Bonchev–Trinajstić information content (AvgIpc) is 2.61. The molecule has 0 heterocycles. The Hall–Kier alpha value is -0.950. The summed E-state index contributed by atoms with van der Waals surface area (Å²) in [6.07, 6.45) is 9.41. The summed E-state index contributed by atoms with van der Waals surface area (Å²) in [7, 11) is 1.70. The lowest BCUT2D eigenvalue weighted by Gasteiger charge is -2.07. The minimum atomic E-state index is 0.248. The third-order valence-electron chi connectivity index (χ3n) is 3.54. The Morgan fingerprint density at radius 3 is 2.67 bits per heavy atom. The first-order valence-corrected chi connectivity index (χ1v) is 7.18. The zero-order valence-electron chi connectivity index (χ0n) is 11.0. The number of hydrogen-bond donors (Lipinski definition) is 0. The van der Waals surface area contributed by atoms with E-state index >= 15 is 0 Å². The third-order valence-corrected chi connectivity index (χ3v) is 3.88. The second kappa shape index (κ2) is 6.84. The standard InChI is InChI=1S/C16H21ClO/c1-18-16-10-8-13(9-11-16)6-7-14-4-2-3-5-15(17)12-14/h8-12,15H,2-7H2,1H3. The summed E-state index contributed by atoms with van der Waals surface area (Å²) in [5.74, 6) is 0.924. The molecular weight excluding hydrogens is 244 g/mol. The van der Waals surface area contributed by atoms with Crippen molar-refractivity contribution in [3.63, 3.8) is 0 Å². The van der Waals surface area contributed by atoms with Gasteiger partial charge in [-0.1, -0.05) is 30.2 Å². The number of allylic oxidation sites excluding steroid dienone is 2. The fraction of sp³-hybridized carbons (Fsp3) is 0.500. The molecule has 0 saturated heterocycles. The normalized spacial score (nSPS) is 20.1. The van der Waals surface area contributed by atoms with Crippen LogP contribution in [0.1, 0.15) is 37.7 Å². The minimum absolute atomic E-state index is 0.248. The zero-order valence-corrected chi connectivity index (χ0v) is 11.7. The SMILES string of the molecule is COc1ccc(CCC2=CC(Cl)CCCC2)cc1. The van der Waals surface area contributed by atoms with Crippen molar-refractivity contribution < 1.29 is 4.74 Å². The molecule has 1 aliphatic rings. The number of rotatable bonds is 4. The molecule has 0 aliphatic heterocycles. The molecule has 1 aromatic carbocycles. The van der Waals surface area contributed by atoms with E-state index in [-0.39, 0.29) is 5.38 Å². The van der Waals surface area contributed by atoms with Crippen molar-refractivity contribution in [2.75, 3.05) is 7.11 Å². The van der Waals surface area contributed by atoms with Crippen molar-refractivity contribution in [2.45, 2.75) is 43.9 Å². The molecule has 0 spiro atoms. The lowest BCUT2D eigenvalue weighted by atomic mass is 10.0. The van der Waals surface area contributed by atoms with E-state index in [9.17, 15) is 0 Å². The fourth-order valence-corrected chi connectivity index (χ4v) is 2.75. The van der Waals surface area contributed by atoms with Crippen molar-refractivity contribution in [3.8, 4) is 5.75 Å². The minimum Gasteiger partial charge on any atom is -0.497 e. The van der Waals surface area contributed by atoms with E-state index in [4.69, 9.17) is 16.3 Å². The van der Waals surface area contributed by atoms with Crippen LogP contribution in [0.3, 0.4) is 0 Å². The Bertz CT molecular complexity index is 394. The largest absolute Gasteiger partial charge is 0.497 e. The van der Waals surface area contributed by atoms with Gasteiger partial charge in [-0.15, -0.1) is 11.6 Å². The maximum absolute atomic E-state index is 6.24. The van der Waals surface area contributed by atoms with Crippen LogP contribution in [-0.4, -0.2) is 12.5 Å². The highest BCUT2D eigenvalue weighted by Gasteiger charge is 2.09. The highest BCUT2D eigenvalue weighted by atomic mass is 35.5. The van der Waals surface area contributed by atoms with Crippen LogP contribution < -0.4 is 4.74 Å². The van der Waals surface area contributed by atoms with Crippen molar-refractivity contribution in [1.29, 1.82) is 0 Å². The van der Waals surface area contributed by atoms with Crippen LogP contribution in [0.5, 0.6) is 5.75 Å². The molecule has 2 rings (SSSR count). The fourth-order valence-electron chi connectivity index (χ4n) is 2.42. The number of alkyl halides is 1. The smallest absolute Gasteiger partial charge is 0.118 e. The van der Waals surface area contributed by atoms with E-state index in [0.717, 1.165) is 25.0 Å². The topological polar surface area (TPSA) is 9.23 Å². The summed E-state index contributed by atoms with van der Waals surface area (Å²) in [6, 6.07) is 8.35. The number of aryl methyl sites for hydroxylation is 1. The maximum atomic E-state index is 6.24. The quantitative estimate of drug-likeness (QED) is 0.564. The van der Waals surface area contributed by atoms with Gasteiger partial charge in [-0.2, -0.15) is 0 Å². The number of ether oxygens (including phenoxy) is 1. The molecule has 2 heteroatoms. The van der Waals surface area contributed by atoms with Gasteiger partial charge < -0.3 is 4.74 Å². The predicted molar refractivity (Wildman–Crippen MR) is 77.5 cm³/mol. The summed E-state index contributed by atoms with van der Waals surface area (Å²) < 4.78 is 5.17. The van der Waals surface area contributed by atoms with E-state index < -0.39 is 0 Å². The second-order valence-corrected chi connectivity index (χ2v) is 5.50. The van der Waals surface area contributed by atoms with Gasteiger partial charge in [0.2, 0.25) is 0 Å². The number of halogens is 1. The van der Waals surface area contributed by atoms with Gasteiger partial charge in [-0.3, -0.25) is 0 Å². The molecule has 0 bridgehead atoms. The molecule has 1 aromatic rings. The molecule has 0 saturated carbocycles. The van der Waals surface area contributed by atoms with Gasteiger partial charge in [0.15, 0.2) is 0 Å². The van der Waals surface area contributed by atoms with Crippen LogP contribution in [0.15, 0.2) is 35.9 Å². The Labute approximate surface area is 115 Å². The molecule has 1 unspecified atom stereocenters. The van der Waals surface area contributed by atoms with Gasteiger partial charge in [-0.25, -0.2) is 0 Å². The molecule has 0 amide bonds. The van der Waals surface area contributed by atoms with Crippen LogP contribution in [-0.2, 0) is 6.42 Å². The summed E-state index contributed by atoms with van der Waals surface area (Å²) in [5, 5.41) is 0.248. The first-order chi connectivity index (χ1) is 8.78. The van der Waals surface area contributed by atoms with E-state index in [2.05, 4.69) is 18.2 Å². The highest BCUT2D eigenvalue weighted by molar-refractivity contribution is 6.21. The molecule has 0 fully saturated rings. The van der Waals surface area contributed by atoms with Crippen molar-refractivity contribution in [3.05, 3.63) is 41.5 Å². The average molecular weight is 265 g/mol. The van der Waals surface area contributed by atoms with Crippen molar-refractivity contribution in [2.24, 2.45) is 0 Å². The van der Waals surface area contributed by atoms with E-state index in [1.807, 2.05) is 12.1 Å². The number of methoxy groups -OCH3 is 1. The summed E-state index contributed by atoms with van der Waals surface area (Å²) in [5.41, 5.74) is 2.90. The molecule has 1 atom stereocenters. The second-order valence-electron chi connectivity index (χ2n) is 4.93. The Balaban J connectivity index is 1.89. The monoisotopic (exact) mass is 264 g/mol. The van der Waals surface area contributed by atoms with Crippen LogP contribution in [0.25, 0.3) is 0 Å². The lowest BCUT2D eigenvalue weighted by Crippen LogP contribution is -1.93. The Morgan fingerprint density at radius 1 is 1.17 bits per heavy atom. The van der Waals surface area contributed by atoms with Gasteiger partial charge in [-0.05, 0) is 49.8 Å². The number of hydrogen-bond acceptors (Lipinski definition) is 1. The molecule has 1 aliphatic carbocycles. The summed E-state index contributed by atoms with van der Waals surface area (Å²) >= 11 is 6.24. The Kier molecular flexibility index (Phi) is 5.12. The third kappa shape index (κ3) is 4.06. The van der Waals surface area contributed by atoms with Gasteiger partial charge in [0, 0.05) is 0 Å². The maximum Gasteiger partial charge on any atom is 0.118 e. The Morgan fingerprint density at radius 2 is 1.94 bits per heavy atom. The van der Waals surface area contributed by atoms with Gasteiger partial charge in [0.05, 0.1) is 12.5 Å². The summed E-state index contributed by atoms with van der Waals surface area (Å²) in [4.78, 5) is 0. The lowest BCUT2D eigenvalue weighted by molar-refractivity contribution is 0.414. The molecule has 18 heavy (non-hydrogen) atoms. The molecule has 0 radical (unpaired) electrons. The first-order valence-electron chi connectivity index (χ1n) is 6.74. The van der Waals surface area contributed by atoms with Gasteiger partial charge in [0.25, 0.3) is 0 Å². The van der Waals surface area contributed by atoms with E-state index in [1.54, 1.807) is 7.11 Å². The van der Waals surface area contributed by atoms with Crippen molar-refractivity contribution in [1.82, 2.24) is 0 Å². The molecule has 0 aromatic heterocycles. The summed E-state index contributed by atoms with van der Waals surface area (Å²) in [6.45, 7) is 0. The molecule has 98 valence electrons. The predicted octanol–water partition coefficient (Wildman–Crippen LogP) is 4.74. The van der Waals surface area contributed by atoms with E-state index in [0.29, 0.717) is 0 Å². The van der Waals surface area contributed by atoms with Crippen LogP contribution in [0.2, 0.25) is 0 Å².